The molecule has 0 aromatic rings. The van der Waals surface area contributed by atoms with Gasteiger partial charge < -0.3 is 0 Å². The van der Waals surface area contributed by atoms with Crippen molar-refractivity contribution in [3.63, 3.8) is 0 Å². The minimum absolute atomic E-state index is 0.0457. The second-order valence-corrected chi connectivity index (χ2v) is 6.24. The minimum Gasteiger partial charge on any atom is -0.300 e. The highest BCUT2D eigenvalue weighted by Crippen LogP contribution is 2.09. The van der Waals surface area contributed by atoms with Gasteiger partial charge in [0.25, 0.3) is 0 Å². The van der Waals surface area contributed by atoms with Gasteiger partial charge in [-0.05, 0) is 12.8 Å². The number of carbonyl (C=O) groups excluding carboxylic acids is 4. The summed E-state index contributed by atoms with van der Waals surface area (Å²) in [6, 6.07) is 0. The molecule has 0 spiro atoms. The van der Waals surface area contributed by atoms with Crippen LogP contribution in [0.2, 0.25) is 0 Å². The summed E-state index contributed by atoms with van der Waals surface area (Å²) < 4.78 is 0. The zero-order valence-corrected chi connectivity index (χ0v) is 15.0. The highest BCUT2D eigenvalue weighted by Gasteiger charge is 2.11. The Kier molecular flexibility index (Phi) is 13.9. The van der Waals surface area contributed by atoms with Crippen LogP contribution in [0.1, 0.15) is 84.0 Å². The molecule has 0 amide bonds. The van der Waals surface area contributed by atoms with Crippen molar-refractivity contribution in [2.75, 3.05) is 5.88 Å². The molecule has 0 aliphatic heterocycles. The van der Waals surface area contributed by atoms with Crippen molar-refractivity contribution in [2.24, 2.45) is 0 Å². The summed E-state index contributed by atoms with van der Waals surface area (Å²) in [4.78, 5) is 46.0. The van der Waals surface area contributed by atoms with Gasteiger partial charge in [0.2, 0.25) is 0 Å². The van der Waals surface area contributed by atoms with Gasteiger partial charge in [0.1, 0.15) is 23.1 Å². The summed E-state index contributed by atoms with van der Waals surface area (Å²) in [7, 11) is 0. The first-order valence-electron chi connectivity index (χ1n) is 8.62. The van der Waals surface area contributed by atoms with Crippen molar-refractivity contribution in [1.82, 2.24) is 0 Å². The normalized spacial score (nSPS) is 10.5. The van der Waals surface area contributed by atoms with Crippen LogP contribution in [0.4, 0.5) is 0 Å². The quantitative estimate of drug-likeness (QED) is 0.311. The Labute approximate surface area is 144 Å². The van der Waals surface area contributed by atoms with Gasteiger partial charge in [0, 0.05) is 57.2 Å². The van der Waals surface area contributed by atoms with Crippen LogP contribution in [0.15, 0.2) is 0 Å². The summed E-state index contributed by atoms with van der Waals surface area (Å²) in [6.45, 7) is 1.77. The molecule has 0 saturated heterocycles. The summed E-state index contributed by atoms with van der Waals surface area (Å²) in [5.41, 5.74) is 0. The highest BCUT2D eigenvalue weighted by molar-refractivity contribution is 6.17. The largest absolute Gasteiger partial charge is 0.300 e. The molecule has 0 aliphatic carbocycles. The molecule has 0 unspecified atom stereocenters. The number of hydrogen-bond donors (Lipinski definition) is 0. The minimum atomic E-state index is -0.0502. The van der Waals surface area contributed by atoms with Crippen LogP contribution >= 0.6 is 11.6 Å². The van der Waals surface area contributed by atoms with Gasteiger partial charge in [-0.3, -0.25) is 19.2 Å². The average molecular weight is 345 g/mol. The number of hydrogen-bond acceptors (Lipinski definition) is 4. The molecular weight excluding hydrogens is 316 g/mol. The Bertz CT molecular complexity index is 390. The summed E-state index contributed by atoms with van der Waals surface area (Å²) >= 11 is 5.58. The number of alkyl halides is 1. The predicted molar refractivity (Wildman–Crippen MR) is 91.8 cm³/mol. The van der Waals surface area contributed by atoms with Crippen LogP contribution in [-0.4, -0.2) is 29.0 Å². The predicted octanol–water partition coefficient (Wildman–Crippen LogP) is 4.20. The van der Waals surface area contributed by atoms with E-state index in [4.69, 9.17) is 11.6 Å². The monoisotopic (exact) mass is 344 g/mol. The number of ketones is 4. The maximum atomic E-state index is 11.7. The molecule has 0 radical (unpaired) electrons. The van der Waals surface area contributed by atoms with E-state index in [0.29, 0.717) is 18.7 Å². The standard InChI is InChI=1S/C18H29ClO4/c1-2-15(20)8-9-17(22)12-13-18(23)11-10-16(21)7-5-3-4-6-14-19/h2-14H2,1H3. The first-order valence-corrected chi connectivity index (χ1v) is 9.15. The highest BCUT2D eigenvalue weighted by atomic mass is 35.5. The SMILES string of the molecule is CCC(=O)CCC(=O)CCC(=O)CCC(=O)CCCCCCCl. The summed E-state index contributed by atoms with van der Waals surface area (Å²) in [6.07, 6.45) is 6.19. The van der Waals surface area contributed by atoms with E-state index in [-0.39, 0.29) is 61.7 Å². The summed E-state index contributed by atoms with van der Waals surface area (Å²) in [5, 5.41) is 0. The molecule has 132 valence electrons. The van der Waals surface area contributed by atoms with Crippen LogP contribution in [0.3, 0.4) is 0 Å². The van der Waals surface area contributed by atoms with Gasteiger partial charge in [-0.15, -0.1) is 11.6 Å². The van der Waals surface area contributed by atoms with Crippen molar-refractivity contribution in [3.8, 4) is 0 Å². The second kappa shape index (κ2) is 14.6. The lowest BCUT2D eigenvalue weighted by Crippen LogP contribution is -2.08. The molecule has 5 heteroatoms. The van der Waals surface area contributed by atoms with Crippen LogP contribution in [0.5, 0.6) is 0 Å². The number of unbranched alkanes of at least 4 members (excludes halogenated alkanes) is 3. The van der Waals surface area contributed by atoms with Crippen LogP contribution in [-0.2, 0) is 19.2 Å². The van der Waals surface area contributed by atoms with Crippen LogP contribution in [0, 0.1) is 0 Å². The molecule has 0 fully saturated rings. The molecular formula is C18H29ClO4. The molecule has 0 aliphatic rings. The summed E-state index contributed by atoms with van der Waals surface area (Å²) in [5.74, 6) is 0.750. The fraction of sp³-hybridized carbons (Fsp3) is 0.778. The molecule has 0 atom stereocenters. The van der Waals surface area contributed by atoms with Crippen molar-refractivity contribution >= 4 is 34.7 Å². The molecule has 23 heavy (non-hydrogen) atoms. The number of halogens is 1. The lowest BCUT2D eigenvalue weighted by atomic mass is 10.0. The maximum Gasteiger partial charge on any atom is 0.133 e. The van der Waals surface area contributed by atoms with E-state index in [1.54, 1.807) is 6.92 Å². The van der Waals surface area contributed by atoms with Gasteiger partial charge in [-0.1, -0.05) is 19.8 Å². The topological polar surface area (TPSA) is 68.3 Å². The van der Waals surface area contributed by atoms with E-state index in [0.717, 1.165) is 25.7 Å². The molecule has 0 saturated carbocycles. The van der Waals surface area contributed by atoms with Crippen LogP contribution in [0.25, 0.3) is 0 Å². The fourth-order valence-corrected chi connectivity index (χ4v) is 2.35. The van der Waals surface area contributed by atoms with E-state index in [9.17, 15) is 19.2 Å². The Balaban J connectivity index is 3.64. The fourth-order valence-electron chi connectivity index (χ4n) is 2.16. The third-order valence-corrected chi connectivity index (χ3v) is 4.05. The van der Waals surface area contributed by atoms with E-state index in [1.807, 2.05) is 0 Å². The second-order valence-electron chi connectivity index (χ2n) is 5.86. The lowest BCUT2D eigenvalue weighted by molar-refractivity contribution is -0.127. The molecule has 4 nitrogen and oxygen atoms in total. The lowest BCUT2D eigenvalue weighted by Gasteiger charge is -2.02. The Morgan fingerprint density at radius 1 is 0.565 bits per heavy atom. The van der Waals surface area contributed by atoms with Gasteiger partial charge >= 0.3 is 0 Å². The van der Waals surface area contributed by atoms with Gasteiger partial charge in [0.05, 0.1) is 0 Å². The van der Waals surface area contributed by atoms with Crippen molar-refractivity contribution in [1.29, 1.82) is 0 Å². The van der Waals surface area contributed by atoms with Crippen molar-refractivity contribution in [2.45, 2.75) is 84.0 Å². The number of Topliss-reactive ketones (excluding diaryl/α,β-unsaturated/α-hetero) is 4. The van der Waals surface area contributed by atoms with Gasteiger partial charge in [-0.2, -0.15) is 0 Å². The number of carbonyl (C=O) groups is 4. The van der Waals surface area contributed by atoms with Crippen LogP contribution < -0.4 is 0 Å². The maximum absolute atomic E-state index is 11.7. The van der Waals surface area contributed by atoms with Gasteiger partial charge in [0.15, 0.2) is 0 Å². The Morgan fingerprint density at radius 2 is 0.957 bits per heavy atom. The molecule has 0 aromatic heterocycles. The van der Waals surface area contributed by atoms with Crippen molar-refractivity contribution < 1.29 is 19.2 Å². The van der Waals surface area contributed by atoms with E-state index >= 15 is 0 Å². The molecule has 0 aromatic carbocycles. The zero-order valence-electron chi connectivity index (χ0n) is 14.2. The first-order chi connectivity index (χ1) is 11.0. The molecule has 0 N–H and O–H groups in total. The molecule has 0 rings (SSSR count). The Morgan fingerprint density at radius 3 is 1.39 bits per heavy atom. The number of rotatable bonds is 16. The molecule has 0 heterocycles. The van der Waals surface area contributed by atoms with Gasteiger partial charge in [-0.25, -0.2) is 0 Å². The first kappa shape index (κ1) is 22.0. The third kappa shape index (κ3) is 14.3. The molecule has 0 bridgehead atoms. The Hall–Kier alpha value is -1.03. The smallest absolute Gasteiger partial charge is 0.133 e. The third-order valence-electron chi connectivity index (χ3n) is 3.78. The van der Waals surface area contributed by atoms with E-state index < -0.39 is 0 Å². The van der Waals surface area contributed by atoms with Crippen molar-refractivity contribution in [3.05, 3.63) is 0 Å². The van der Waals surface area contributed by atoms with E-state index in [2.05, 4.69) is 0 Å². The average Bonchev–Trinajstić information content (AvgIpc) is 2.55. The van der Waals surface area contributed by atoms with E-state index in [1.165, 1.54) is 0 Å². The zero-order chi connectivity index (χ0) is 17.5.